The van der Waals surface area contributed by atoms with Crippen molar-refractivity contribution in [3.8, 4) is 23.0 Å². The maximum atomic E-state index is 12.0. The van der Waals surface area contributed by atoms with Gasteiger partial charge in [-0.2, -0.15) is 0 Å². The van der Waals surface area contributed by atoms with E-state index in [4.69, 9.17) is 9.47 Å². The van der Waals surface area contributed by atoms with Crippen LogP contribution < -0.4 is 14.8 Å². The molecule has 0 radical (unpaired) electrons. The summed E-state index contributed by atoms with van der Waals surface area (Å²) in [5, 5.41) is 22.2. The molecule has 6 heteroatoms. The fourth-order valence-electron chi connectivity index (χ4n) is 2.42. The number of carbonyl (C=O) groups excluding carboxylic acids is 1. The van der Waals surface area contributed by atoms with E-state index >= 15 is 0 Å². The van der Waals surface area contributed by atoms with Gasteiger partial charge < -0.3 is 25.0 Å². The van der Waals surface area contributed by atoms with Crippen molar-refractivity contribution in [2.24, 2.45) is 0 Å². The number of benzene rings is 2. The first-order valence-corrected chi connectivity index (χ1v) is 8.10. The maximum Gasteiger partial charge on any atom is 0.224 e. The number of hydrogen-bond donors (Lipinski definition) is 3. The Labute approximate surface area is 147 Å². The van der Waals surface area contributed by atoms with Crippen LogP contribution in [0.2, 0.25) is 0 Å². The minimum absolute atomic E-state index is 0.0309. The van der Waals surface area contributed by atoms with E-state index in [9.17, 15) is 15.0 Å². The molecule has 2 aromatic rings. The predicted molar refractivity (Wildman–Crippen MR) is 94.4 cm³/mol. The smallest absolute Gasteiger partial charge is 0.224 e. The zero-order chi connectivity index (χ0) is 18.2. The second kappa shape index (κ2) is 8.82. The summed E-state index contributed by atoms with van der Waals surface area (Å²) in [4.78, 5) is 12.0. The fraction of sp³-hybridized carbons (Fsp3) is 0.316. The standard InChI is InChI=1S/C19H23NO5/c1-3-25-17-7-5-14(10-16(17)22)12-19(23)20-9-8-13-4-6-15(21)18(11-13)24-2/h4-7,10-11,21-22H,3,8-9,12H2,1-2H3,(H,20,23). The molecule has 0 bridgehead atoms. The second-order valence-electron chi connectivity index (χ2n) is 5.52. The van der Waals surface area contributed by atoms with Gasteiger partial charge in [0.2, 0.25) is 5.91 Å². The summed E-state index contributed by atoms with van der Waals surface area (Å²) in [7, 11) is 1.49. The van der Waals surface area contributed by atoms with Crippen LogP contribution in [0.3, 0.4) is 0 Å². The Morgan fingerprint density at radius 2 is 1.80 bits per heavy atom. The number of nitrogens with one attached hydrogen (secondary N) is 1. The molecular weight excluding hydrogens is 322 g/mol. The van der Waals surface area contributed by atoms with Gasteiger partial charge in [0.25, 0.3) is 0 Å². The summed E-state index contributed by atoms with van der Waals surface area (Å²) in [5.74, 6) is 0.810. The molecule has 2 aromatic carbocycles. The highest BCUT2D eigenvalue weighted by Crippen LogP contribution is 2.27. The van der Waals surface area contributed by atoms with Crippen LogP contribution in [0.5, 0.6) is 23.0 Å². The zero-order valence-electron chi connectivity index (χ0n) is 14.4. The Hall–Kier alpha value is -2.89. The minimum atomic E-state index is -0.130. The average molecular weight is 345 g/mol. The van der Waals surface area contributed by atoms with Gasteiger partial charge in [0.05, 0.1) is 20.1 Å². The van der Waals surface area contributed by atoms with Gasteiger partial charge >= 0.3 is 0 Å². The number of hydrogen-bond acceptors (Lipinski definition) is 5. The molecule has 0 fully saturated rings. The molecule has 0 aliphatic carbocycles. The molecular formula is C19H23NO5. The van der Waals surface area contributed by atoms with E-state index in [1.807, 2.05) is 6.92 Å². The molecule has 0 unspecified atom stereocenters. The Bertz CT molecular complexity index is 730. The summed E-state index contributed by atoms with van der Waals surface area (Å²) in [6.07, 6.45) is 0.801. The van der Waals surface area contributed by atoms with Gasteiger partial charge in [0.15, 0.2) is 23.0 Å². The molecule has 6 nitrogen and oxygen atoms in total. The largest absolute Gasteiger partial charge is 0.504 e. The zero-order valence-corrected chi connectivity index (χ0v) is 14.4. The molecule has 0 aliphatic rings. The summed E-state index contributed by atoms with van der Waals surface area (Å²) < 4.78 is 10.3. The number of aromatic hydroxyl groups is 2. The second-order valence-corrected chi connectivity index (χ2v) is 5.52. The highest BCUT2D eigenvalue weighted by atomic mass is 16.5. The average Bonchev–Trinajstić information content (AvgIpc) is 2.59. The Morgan fingerprint density at radius 1 is 1.04 bits per heavy atom. The number of amides is 1. The van der Waals surface area contributed by atoms with Crippen LogP contribution in [-0.4, -0.2) is 36.4 Å². The third-order valence-electron chi connectivity index (χ3n) is 3.67. The molecule has 1 amide bonds. The van der Waals surface area contributed by atoms with E-state index in [1.54, 1.807) is 30.3 Å². The van der Waals surface area contributed by atoms with Gasteiger partial charge in [-0.1, -0.05) is 12.1 Å². The van der Waals surface area contributed by atoms with Crippen molar-refractivity contribution >= 4 is 5.91 Å². The van der Waals surface area contributed by atoms with Crippen LogP contribution in [0.4, 0.5) is 0 Å². The van der Waals surface area contributed by atoms with Gasteiger partial charge in [0.1, 0.15) is 0 Å². The molecule has 25 heavy (non-hydrogen) atoms. The monoisotopic (exact) mass is 345 g/mol. The summed E-state index contributed by atoms with van der Waals surface area (Å²) in [5.41, 5.74) is 1.67. The molecule has 0 aliphatic heterocycles. The van der Waals surface area contributed by atoms with E-state index in [1.165, 1.54) is 13.2 Å². The van der Waals surface area contributed by atoms with Crippen LogP contribution in [0.1, 0.15) is 18.1 Å². The van der Waals surface area contributed by atoms with E-state index in [0.29, 0.717) is 36.6 Å². The number of rotatable bonds is 8. The van der Waals surface area contributed by atoms with Gasteiger partial charge in [0, 0.05) is 6.54 Å². The van der Waals surface area contributed by atoms with Crippen LogP contribution in [0, 0.1) is 0 Å². The van der Waals surface area contributed by atoms with Crippen molar-refractivity contribution in [2.45, 2.75) is 19.8 Å². The van der Waals surface area contributed by atoms with Crippen LogP contribution >= 0.6 is 0 Å². The highest BCUT2D eigenvalue weighted by molar-refractivity contribution is 5.78. The lowest BCUT2D eigenvalue weighted by atomic mass is 10.1. The molecule has 0 saturated carbocycles. The van der Waals surface area contributed by atoms with Gasteiger partial charge in [-0.25, -0.2) is 0 Å². The number of phenolic OH excluding ortho intramolecular Hbond substituents is 2. The molecule has 0 aromatic heterocycles. The van der Waals surface area contributed by atoms with Gasteiger partial charge in [-0.15, -0.1) is 0 Å². The van der Waals surface area contributed by atoms with Crippen molar-refractivity contribution in [1.82, 2.24) is 5.32 Å². The molecule has 0 spiro atoms. The number of carbonyl (C=O) groups is 1. The SMILES string of the molecule is CCOc1ccc(CC(=O)NCCc2ccc(O)c(OC)c2)cc1O. The summed E-state index contributed by atoms with van der Waals surface area (Å²) >= 11 is 0. The lowest BCUT2D eigenvalue weighted by Gasteiger charge is -2.09. The van der Waals surface area contributed by atoms with Crippen molar-refractivity contribution in [2.75, 3.05) is 20.3 Å². The van der Waals surface area contributed by atoms with Crippen LogP contribution in [0.25, 0.3) is 0 Å². The third-order valence-corrected chi connectivity index (χ3v) is 3.67. The molecule has 3 N–H and O–H groups in total. The normalized spacial score (nSPS) is 10.3. The van der Waals surface area contributed by atoms with E-state index in [2.05, 4.69) is 5.32 Å². The van der Waals surface area contributed by atoms with E-state index < -0.39 is 0 Å². The molecule has 0 atom stereocenters. The predicted octanol–water partition coefficient (Wildman–Crippen LogP) is 2.41. The number of phenols is 2. The van der Waals surface area contributed by atoms with Crippen LogP contribution in [0.15, 0.2) is 36.4 Å². The lowest BCUT2D eigenvalue weighted by molar-refractivity contribution is -0.120. The first-order chi connectivity index (χ1) is 12.0. The van der Waals surface area contributed by atoms with Crippen molar-refractivity contribution in [3.05, 3.63) is 47.5 Å². The molecule has 0 heterocycles. The molecule has 134 valence electrons. The summed E-state index contributed by atoms with van der Waals surface area (Å²) in [6.45, 7) is 2.77. The lowest BCUT2D eigenvalue weighted by Crippen LogP contribution is -2.27. The maximum absolute atomic E-state index is 12.0. The van der Waals surface area contributed by atoms with E-state index in [-0.39, 0.29) is 23.8 Å². The third kappa shape index (κ3) is 5.31. The topological polar surface area (TPSA) is 88.0 Å². The van der Waals surface area contributed by atoms with Crippen molar-refractivity contribution in [3.63, 3.8) is 0 Å². The first kappa shape index (κ1) is 18.4. The Balaban J connectivity index is 1.83. The van der Waals surface area contributed by atoms with Gasteiger partial charge in [-0.3, -0.25) is 4.79 Å². The molecule has 2 rings (SSSR count). The van der Waals surface area contributed by atoms with Crippen molar-refractivity contribution in [1.29, 1.82) is 0 Å². The van der Waals surface area contributed by atoms with Crippen LogP contribution in [-0.2, 0) is 17.6 Å². The summed E-state index contributed by atoms with van der Waals surface area (Å²) in [6, 6.07) is 10.0. The number of ether oxygens (including phenoxy) is 2. The Kier molecular flexibility index (Phi) is 6.51. The quantitative estimate of drug-likeness (QED) is 0.684. The van der Waals surface area contributed by atoms with E-state index in [0.717, 1.165) is 5.56 Å². The first-order valence-electron chi connectivity index (χ1n) is 8.10. The van der Waals surface area contributed by atoms with Crippen molar-refractivity contribution < 1.29 is 24.5 Å². The minimum Gasteiger partial charge on any atom is -0.504 e. The molecule has 0 saturated heterocycles. The van der Waals surface area contributed by atoms with Gasteiger partial charge in [-0.05, 0) is 48.7 Å². The number of methoxy groups -OCH3 is 1. The highest BCUT2D eigenvalue weighted by Gasteiger charge is 2.08. The fourth-order valence-corrected chi connectivity index (χ4v) is 2.42. The Morgan fingerprint density at radius 3 is 2.48 bits per heavy atom.